The fourth-order valence-electron chi connectivity index (χ4n) is 2.65. The highest BCUT2D eigenvalue weighted by Crippen LogP contribution is 2.21. The molecule has 0 saturated carbocycles. The summed E-state index contributed by atoms with van der Waals surface area (Å²) in [5.41, 5.74) is 4.78. The monoisotopic (exact) mass is 328 g/mol. The lowest BCUT2D eigenvalue weighted by atomic mass is 10.2. The predicted octanol–water partition coefficient (Wildman–Crippen LogP) is 1.90. The van der Waals surface area contributed by atoms with Crippen LogP contribution < -0.4 is 15.8 Å². The normalized spacial score (nSPS) is 13.6. The van der Waals surface area contributed by atoms with Gasteiger partial charge in [0.1, 0.15) is 11.6 Å². The maximum absolute atomic E-state index is 13.6. The molecule has 0 bridgehead atoms. The number of aromatic nitrogens is 1. The van der Waals surface area contributed by atoms with Crippen LogP contribution in [-0.4, -0.2) is 29.9 Å². The molecule has 1 aromatic heterocycles. The number of pyridine rings is 1. The van der Waals surface area contributed by atoms with Gasteiger partial charge in [0.2, 0.25) is 0 Å². The maximum Gasteiger partial charge on any atom is 0.273 e. The molecule has 3 rings (SSSR count). The number of hydrogen-bond acceptors (Lipinski definition) is 4. The molecular formula is C17H17FN4O2. The van der Waals surface area contributed by atoms with Crippen LogP contribution >= 0.6 is 0 Å². The summed E-state index contributed by atoms with van der Waals surface area (Å²) in [4.78, 5) is 30.6. The van der Waals surface area contributed by atoms with Gasteiger partial charge in [0, 0.05) is 19.3 Å². The first-order valence-corrected chi connectivity index (χ1v) is 7.72. The smallest absolute Gasteiger partial charge is 0.273 e. The Hall–Kier alpha value is -2.96. The van der Waals surface area contributed by atoms with E-state index in [0.717, 1.165) is 25.9 Å². The Kier molecular flexibility index (Phi) is 4.69. The number of nitrogens with one attached hydrogen (secondary N) is 2. The van der Waals surface area contributed by atoms with E-state index in [1.54, 1.807) is 24.4 Å². The van der Waals surface area contributed by atoms with Crippen LogP contribution in [0.1, 0.15) is 33.6 Å². The third-order valence-corrected chi connectivity index (χ3v) is 3.84. The summed E-state index contributed by atoms with van der Waals surface area (Å²) in [6, 6.07) is 8.87. The zero-order valence-corrected chi connectivity index (χ0v) is 13.0. The number of hydrogen-bond donors (Lipinski definition) is 2. The highest BCUT2D eigenvalue weighted by atomic mass is 19.1. The van der Waals surface area contributed by atoms with E-state index in [4.69, 9.17) is 0 Å². The van der Waals surface area contributed by atoms with Crippen LogP contribution in [0.4, 0.5) is 10.2 Å². The molecule has 2 N–H and O–H groups in total. The maximum atomic E-state index is 13.6. The molecule has 124 valence electrons. The van der Waals surface area contributed by atoms with Crippen molar-refractivity contribution in [3.05, 3.63) is 59.5 Å². The molecule has 0 unspecified atom stereocenters. The molecule has 2 amide bonds. The molecule has 1 saturated heterocycles. The third-order valence-electron chi connectivity index (χ3n) is 3.84. The van der Waals surface area contributed by atoms with Gasteiger partial charge in [-0.25, -0.2) is 9.37 Å². The predicted molar refractivity (Wildman–Crippen MR) is 87.0 cm³/mol. The second kappa shape index (κ2) is 7.08. The largest absolute Gasteiger partial charge is 0.356 e. The van der Waals surface area contributed by atoms with Crippen molar-refractivity contribution in [2.24, 2.45) is 0 Å². The van der Waals surface area contributed by atoms with Crippen molar-refractivity contribution in [1.82, 2.24) is 15.8 Å². The Bertz CT molecular complexity index is 760. The topological polar surface area (TPSA) is 74.3 Å². The van der Waals surface area contributed by atoms with Crippen molar-refractivity contribution < 1.29 is 14.0 Å². The molecule has 1 aromatic carbocycles. The Morgan fingerprint density at radius 3 is 2.29 bits per heavy atom. The van der Waals surface area contributed by atoms with E-state index < -0.39 is 17.6 Å². The van der Waals surface area contributed by atoms with Crippen molar-refractivity contribution in [2.45, 2.75) is 12.8 Å². The molecule has 2 aromatic rings. The second-order valence-electron chi connectivity index (χ2n) is 5.46. The third kappa shape index (κ3) is 3.34. The molecule has 1 fully saturated rings. The fourth-order valence-corrected chi connectivity index (χ4v) is 2.65. The molecule has 7 heteroatoms. The van der Waals surface area contributed by atoms with Crippen molar-refractivity contribution >= 4 is 17.6 Å². The van der Waals surface area contributed by atoms with Crippen LogP contribution in [0, 0.1) is 5.82 Å². The van der Waals surface area contributed by atoms with Gasteiger partial charge < -0.3 is 4.90 Å². The van der Waals surface area contributed by atoms with Crippen molar-refractivity contribution in [1.29, 1.82) is 0 Å². The van der Waals surface area contributed by atoms with E-state index in [2.05, 4.69) is 15.8 Å². The van der Waals surface area contributed by atoms with E-state index in [1.807, 2.05) is 4.90 Å². The zero-order valence-electron chi connectivity index (χ0n) is 13.0. The molecule has 0 spiro atoms. The zero-order chi connectivity index (χ0) is 16.9. The van der Waals surface area contributed by atoms with E-state index in [0.29, 0.717) is 11.4 Å². The minimum Gasteiger partial charge on any atom is -0.356 e. The van der Waals surface area contributed by atoms with Gasteiger partial charge in [0.15, 0.2) is 0 Å². The molecular weight excluding hydrogens is 311 g/mol. The fraction of sp³-hybridized carbons (Fsp3) is 0.235. The molecule has 24 heavy (non-hydrogen) atoms. The number of nitrogens with zero attached hydrogens (tertiary/aromatic N) is 2. The van der Waals surface area contributed by atoms with Crippen LogP contribution in [0.5, 0.6) is 0 Å². The number of anilines is 1. The van der Waals surface area contributed by atoms with Crippen LogP contribution in [0.25, 0.3) is 0 Å². The number of halogens is 1. The summed E-state index contributed by atoms with van der Waals surface area (Å²) < 4.78 is 13.6. The van der Waals surface area contributed by atoms with E-state index in [1.165, 1.54) is 18.2 Å². The molecule has 6 nitrogen and oxygen atoms in total. The van der Waals surface area contributed by atoms with Gasteiger partial charge in [0.25, 0.3) is 11.8 Å². The number of benzene rings is 1. The summed E-state index contributed by atoms with van der Waals surface area (Å²) in [6.45, 7) is 1.69. The van der Waals surface area contributed by atoms with Gasteiger partial charge >= 0.3 is 0 Å². The van der Waals surface area contributed by atoms with Crippen LogP contribution in [-0.2, 0) is 0 Å². The van der Waals surface area contributed by atoms with Gasteiger partial charge in [-0.05, 0) is 37.1 Å². The summed E-state index contributed by atoms with van der Waals surface area (Å²) in [6.07, 6.45) is 3.74. The first kappa shape index (κ1) is 15.9. The molecule has 1 aliphatic heterocycles. The Morgan fingerprint density at radius 1 is 0.958 bits per heavy atom. The SMILES string of the molecule is O=C(NNC(=O)c1cccnc1N1CCCC1)c1ccccc1F. The minimum absolute atomic E-state index is 0.135. The van der Waals surface area contributed by atoms with E-state index in [9.17, 15) is 14.0 Å². The van der Waals surface area contributed by atoms with Gasteiger partial charge in [-0.3, -0.25) is 20.4 Å². The highest BCUT2D eigenvalue weighted by molar-refractivity contribution is 6.01. The van der Waals surface area contributed by atoms with Crippen LogP contribution in [0.3, 0.4) is 0 Å². The van der Waals surface area contributed by atoms with E-state index in [-0.39, 0.29) is 5.56 Å². The quantitative estimate of drug-likeness (QED) is 0.844. The molecule has 0 aliphatic carbocycles. The van der Waals surface area contributed by atoms with Gasteiger partial charge in [0.05, 0.1) is 11.1 Å². The lowest BCUT2D eigenvalue weighted by Gasteiger charge is -2.19. The highest BCUT2D eigenvalue weighted by Gasteiger charge is 2.21. The summed E-state index contributed by atoms with van der Waals surface area (Å²) in [7, 11) is 0. The number of rotatable bonds is 3. The molecule has 2 heterocycles. The molecule has 0 atom stereocenters. The van der Waals surface area contributed by atoms with Crippen molar-refractivity contribution in [3.8, 4) is 0 Å². The first-order valence-electron chi connectivity index (χ1n) is 7.72. The number of amides is 2. The van der Waals surface area contributed by atoms with Gasteiger partial charge in [-0.1, -0.05) is 12.1 Å². The van der Waals surface area contributed by atoms with Crippen molar-refractivity contribution in [3.63, 3.8) is 0 Å². The van der Waals surface area contributed by atoms with Gasteiger partial charge in [-0.15, -0.1) is 0 Å². The molecule has 1 aliphatic rings. The van der Waals surface area contributed by atoms with Crippen LogP contribution in [0.2, 0.25) is 0 Å². The standard InChI is InChI=1S/C17H17FN4O2/c18-14-8-2-1-6-12(14)16(23)20-21-17(24)13-7-5-9-19-15(13)22-10-3-4-11-22/h1-2,5-9H,3-4,10-11H2,(H,20,23)(H,21,24). The Morgan fingerprint density at radius 2 is 1.58 bits per heavy atom. The average molecular weight is 328 g/mol. The number of carbonyl (C=O) groups excluding carboxylic acids is 2. The van der Waals surface area contributed by atoms with Gasteiger partial charge in [-0.2, -0.15) is 0 Å². The average Bonchev–Trinajstić information content (AvgIpc) is 3.14. The lowest BCUT2D eigenvalue weighted by Crippen LogP contribution is -2.42. The van der Waals surface area contributed by atoms with E-state index >= 15 is 0 Å². The van der Waals surface area contributed by atoms with Crippen molar-refractivity contribution in [2.75, 3.05) is 18.0 Å². The number of carbonyl (C=O) groups is 2. The second-order valence-corrected chi connectivity index (χ2v) is 5.46. The Labute approximate surface area is 138 Å². The Balaban J connectivity index is 1.70. The summed E-state index contributed by atoms with van der Waals surface area (Å²) in [5, 5.41) is 0. The summed E-state index contributed by atoms with van der Waals surface area (Å²) >= 11 is 0. The van der Waals surface area contributed by atoms with Crippen LogP contribution in [0.15, 0.2) is 42.6 Å². The summed E-state index contributed by atoms with van der Waals surface area (Å²) in [5.74, 6) is -1.27. The minimum atomic E-state index is -0.715. The lowest BCUT2D eigenvalue weighted by molar-refractivity contribution is 0.0844. The first-order chi connectivity index (χ1) is 11.7. The molecule has 0 radical (unpaired) electrons. The number of hydrazine groups is 1.